The minimum Gasteiger partial charge on any atom is -0.363 e. The standard InChI is InChI=1S/C7H13N3S2/c1-3-9-6(11)10-4-5-12-7(10)8-2/h3-5H2,1-2H3,(H,9,11). The van der Waals surface area contributed by atoms with Gasteiger partial charge in [-0.2, -0.15) is 0 Å². The van der Waals surface area contributed by atoms with E-state index in [1.54, 1.807) is 18.8 Å². The van der Waals surface area contributed by atoms with Crippen LogP contribution < -0.4 is 5.32 Å². The van der Waals surface area contributed by atoms with Gasteiger partial charge in [-0.1, -0.05) is 11.8 Å². The molecule has 1 aliphatic heterocycles. The van der Waals surface area contributed by atoms with Gasteiger partial charge in [0.1, 0.15) is 0 Å². The molecule has 0 aromatic carbocycles. The number of thioether (sulfide) groups is 1. The van der Waals surface area contributed by atoms with Crippen LogP contribution in [0, 0.1) is 0 Å². The monoisotopic (exact) mass is 203 g/mol. The summed E-state index contributed by atoms with van der Waals surface area (Å²) in [5, 5.41) is 4.94. The zero-order valence-electron chi connectivity index (χ0n) is 7.33. The van der Waals surface area contributed by atoms with Crippen molar-refractivity contribution >= 4 is 34.3 Å². The van der Waals surface area contributed by atoms with Crippen LogP contribution in [-0.4, -0.2) is 41.1 Å². The minimum absolute atomic E-state index is 0.795. The van der Waals surface area contributed by atoms with Gasteiger partial charge in [0.2, 0.25) is 0 Å². The Kier molecular flexibility index (Phi) is 3.81. The zero-order valence-corrected chi connectivity index (χ0v) is 8.97. The highest BCUT2D eigenvalue weighted by Gasteiger charge is 2.21. The Morgan fingerprint density at radius 2 is 2.58 bits per heavy atom. The number of amidine groups is 1. The van der Waals surface area contributed by atoms with Crippen LogP contribution in [0.2, 0.25) is 0 Å². The molecule has 0 aromatic heterocycles. The first-order valence-corrected chi connectivity index (χ1v) is 5.34. The van der Waals surface area contributed by atoms with Gasteiger partial charge in [-0.15, -0.1) is 0 Å². The van der Waals surface area contributed by atoms with Crippen LogP contribution in [0.3, 0.4) is 0 Å². The minimum atomic E-state index is 0.795. The Morgan fingerprint density at radius 1 is 1.83 bits per heavy atom. The Hall–Kier alpha value is -0.290. The second-order valence-electron chi connectivity index (χ2n) is 2.34. The van der Waals surface area contributed by atoms with Crippen molar-refractivity contribution in [2.45, 2.75) is 6.92 Å². The third-order valence-electron chi connectivity index (χ3n) is 1.54. The van der Waals surface area contributed by atoms with Crippen molar-refractivity contribution in [3.8, 4) is 0 Å². The van der Waals surface area contributed by atoms with Gasteiger partial charge in [0.05, 0.1) is 0 Å². The van der Waals surface area contributed by atoms with Crippen LogP contribution in [0.4, 0.5) is 0 Å². The lowest BCUT2D eigenvalue weighted by Gasteiger charge is -2.18. The van der Waals surface area contributed by atoms with Crippen LogP contribution in [0.15, 0.2) is 4.99 Å². The molecule has 1 N–H and O–H groups in total. The van der Waals surface area contributed by atoms with Gasteiger partial charge in [0.15, 0.2) is 10.3 Å². The molecule has 1 saturated heterocycles. The van der Waals surface area contributed by atoms with Crippen molar-refractivity contribution in [2.24, 2.45) is 4.99 Å². The number of rotatable bonds is 1. The molecule has 68 valence electrons. The van der Waals surface area contributed by atoms with Crippen LogP contribution >= 0.6 is 24.0 Å². The average molecular weight is 203 g/mol. The van der Waals surface area contributed by atoms with Gasteiger partial charge in [-0.3, -0.25) is 9.89 Å². The van der Waals surface area contributed by atoms with Crippen molar-refractivity contribution in [1.29, 1.82) is 0 Å². The third kappa shape index (κ3) is 2.10. The Labute approximate surface area is 82.6 Å². The highest BCUT2D eigenvalue weighted by atomic mass is 32.2. The highest BCUT2D eigenvalue weighted by Crippen LogP contribution is 2.17. The second-order valence-corrected chi connectivity index (χ2v) is 3.79. The van der Waals surface area contributed by atoms with Crippen LogP contribution in [0.5, 0.6) is 0 Å². The molecule has 0 aromatic rings. The van der Waals surface area contributed by atoms with E-state index < -0.39 is 0 Å². The lowest BCUT2D eigenvalue weighted by atomic mass is 10.6. The Balaban J connectivity index is 2.56. The largest absolute Gasteiger partial charge is 0.363 e. The molecule has 0 spiro atoms. The summed E-state index contributed by atoms with van der Waals surface area (Å²) in [6.07, 6.45) is 0. The average Bonchev–Trinajstić information content (AvgIpc) is 2.51. The predicted molar refractivity (Wildman–Crippen MR) is 58.8 cm³/mol. The summed E-state index contributed by atoms with van der Waals surface area (Å²) in [5.74, 6) is 1.08. The van der Waals surface area contributed by atoms with Crippen LogP contribution in [0.25, 0.3) is 0 Å². The van der Waals surface area contributed by atoms with E-state index in [2.05, 4.69) is 10.3 Å². The summed E-state index contributed by atoms with van der Waals surface area (Å²) in [7, 11) is 1.80. The maximum Gasteiger partial charge on any atom is 0.175 e. The predicted octanol–water partition coefficient (Wildman–Crippen LogP) is 0.915. The molecule has 0 atom stereocenters. The van der Waals surface area contributed by atoms with Gasteiger partial charge in [0, 0.05) is 25.9 Å². The zero-order chi connectivity index (χ0) is 8.97. The number of hydrogen-bond acceptors (Lipinski definition) is 3. The van der Waals surface area contributed by atoms with Gasteiger partial charge < -0.3 is 5.32 Å². The maximum atomic E-state index is 5.18. The number of nitrogens with zero attached hydrogens (tertiary/aromatic N) is 2. The first-order chi connectivity index (χ1) is 5.79. The molecule has 0 amide bonds. The van der Waals surface area contributed by atoms with Gasteiger partial charge in [0.25, 0.3) is 0 Å². The molecule has 1 heterocycles. The van der Waals surface area contributed by atoms with Gasteiger partial charge in [-0.05, 0) is 19.1 Å². The molecular weight excluding hydrogens is 190 g/mol. The Bertz CT molecular complexity index is 203. The van der Waals surface area contributed by atoms with Crippen molar-refractivity contribution in [2.75, 3.05) is 25.9 Å². The quantitative estimate of drug-likeness (QED) is 0.641. The highest BCUT2D eigenvalue weighted by molar-refractivity contribution is 8.14. The van der Waals surface area contributed by atoms with E-state index >= 15 is 0 Å². The van der Waals surface area contributed by atoms with Crippen LogP contribution in [0.1, 0.15) is 6.92 Å². The first-order valence-electron chi connectivity index (χ1n) is 3.94. The summed E-state index contributed by atoms with van der Waals surface area (Å²) >= 11 is 6.93. The fraction of sp³-hybridized carbons (Fsp3) is 0.714. The van der Waals surface area contributed by atoms with E-state index in [1.165, 1.54) is 0 Å². The smallest absolute Gasteiger partial charge is 0.175 e. The molecule has 1 fully saturated rings. The molecule has 1 aliphatic rings. The van der Waals surface area contributed by atoms with Crippen molar-refractivity contribution in [3.05, 3.63) is 0 Å². The summed E-state index contributed by atoms with van der Waals surface area (Å²) in [4.78, 5) is 6.20. The lowest BCUT2D eigenvalue weighted by Crippen LogP contribution is -2.40. The van der Waals surface area contributed by atoms with Crippen molar-refractivity contribution < 1.29 is 0 Å². The Morgan fingerprint density at radius 3 is 3.17 bits per heavy atom. The molecule has 12 heavy (non-hydrogen) atoms. The molecule has 0 radical (unpaired) electrons. The number of thiocarbonyl (C=S) groups is 1. The molecule has 1 rings (SSSR count). The number of nitrogens with one attached hydrogen (secondary N) is 1. The molecule has 0 saturated carbocycles. The third-order valence-corrected chi connectivity index (χ3v) is 2.95. The van der Waals surface area contributed by atoms with Crippen molar-refractivity contribution in [1.82, 2.24) is 10.2 Å². The number of hydrogen-bond donors (Lipinski definition) is 1. The molecule has 5 heteroatoms. The molecular formula is C7H13N3S2. The number of aliphatic imine (C=N–C) groups is 1. The van der Waals surface area contributed by atoms with E-state index in [9.17, 15) is 0 Å². The van der Waals surface area contributed by atoms with E-state index in [-0.39, 0.29) is 0 Å². The summed E-state index contributed by atoms with van der Waals surface area (Å²) < 4.78 is 0. The molecule has 0 unspecified atom stereocenters. The van der Waals surface area contributed by atoms with E-state index in [0.717, 1.165) is 29.1 Å². The molecule has 0 bridgehead atoms. The lowest BCUT2D eigenvalue weighted by molar-refractivity contribution is 0.654. The first kappa shape index (κ1) is 9.80. The van der Waals surface area contributed by atoms with Gasteiger partial charge >= 0.3 is 0 Å². The maximum absolute atomic E-state index is 5.18. The fourth-order valence-electron chi connectivity index (χ4n) is 1.02. The molecule has 3 nitrogen and oxygen atoms in total. The van der Waals surface area contributed by atoms with Crippen molar-refractivity contribution in [3.63, 3.8) is 0 Å². The summed E-state index contributed by atoms with van der Waals surface area (Å²) in [5.41, 5.74) is 0. The van der Waals surface area contributed by atoms with E-state index in [1.807, 2.05) is 11.8 Å². The molecule has 0 aliphatic carbocycles. The second kappa shape index (κ2) is 4.67. The normalized spacial score (nSPS) is 20.2. The van der Waals surface area contributed by atoms with Gasteiger partial charge in [-0.25, -0.2) is 0 Å². The summed E-state index contributed by atoms with van der Waals surface area (Å²) in [6.45, 7) is 3.89. The topological polar surface area (TPSA) is 27.6 Å². The van der Waals surface area contributed by atoms with E-state index in [4.69, 9.17) is 12.2 Å². The van der Waals surface area contributed by atoms with E-state index in [0.29, 0.717) is 0 Å². The SMILES string of the molecule is CCNC(=S)N1CCSC1=NC. The summed E-state index contributed by atoms with van der Waals surface area (Å²) in [6, 6.07) is 0. The fourth-order valence-corrected chi connectivity index (χ4v) is 2.33. The van der Waals surface area contributed by atoms with Crippen LogP contribution in [-0.2, 0) is 0 Å².